The van der Waals surface area contributed by atoms with E-state index in [1.807, 2.05) is 0 Å². The highest BCUT2D eigenvalue weighted by Gasteiger charge is 2.13. The first-order valence-electron chi connectivity index (χ1n) is 4.17. The predicted molar refractivity (Wildman–Crippen MR) is 47.8 cm³/mol. The Balaban J connectivity index is 3.47. The Morgan fingerprint density at radius 2 is 1.93 bits per heavy atom. The zero-order valence-electron chi connectivity index (χ0n) is 7.94. The van der Waals surface area contributed by atoms with E-state index in [0.29, 0.717) is 11.5 Å². The van der Waals surface area contributed by atoms with Crippen LogP contribution in [0.4, 0.5) is 0 Å². The van der Waals surface area contributed by atoms with Crippen LogP contribution in [-0.2, 0) is 13.9 Å². The first kappa shape index (κ1) is 14.5. The second-order valence-corrected chi connectivity index (χ2v) is 3.95. The van der Waals surface area contributed by atoms with E-state index in [1.165, 1.54) is 0 Å². The molecule has 0 aliphatic rings. The van der Waals surface area contributed by atoms with Gasteiger partial charge in [-0.2, -0.15) is 0 Å². The number of rotatable bonds is 7. The van der Waals surface area contributed by atoms with E-state index < -0.39 is 20.3 Å². The van der Waals surface area contributed by atoms with Crippen molar-refractivity contribution in [2.45, 2.75) is 12.8 Å². The van der Waals surface area contributed by atoms with E-state index in [0.717, 1.165) is 0 Å². The molecule has 0 radical (unpaired) electrons. The molecule has 0 saturated carbocycles. The number of unbranched alkanes of at least 4 members (excludes halogenated alkanes) is 1. The van der Waals surface area contributed by atoms with E-state index >= 15 is 0 Å². The molecule has 0 heterocycles. The molecule has 15 heavy (non-hydrogen) atoms. The van der Waals surface area contributed by atoms with Gasteiger partial charge < -0.3 is 14.9 Å². The molecule has 0 fully saturated rings. The maximum Gasteiger partial charge on any atom is 0.469 e. The van der Waals surface area contributed by atoms with Gasteiger partial charge in [0.1, 0.15) is 6.61 Å². The zero-order valence-corrected chi connectivity index (χ0v) is 8.84. The predicted octanol–water partition coefficient (Wildman–Crippen LogP) is -0.914. The molecule has 9 heteroatoms. The van der Waals surface area contributed by atoms with Crippen molar-refractivity contribution in [1.29, 1.82) is 0 Å². The van der Waals surface area contributed by atoms with Gasteiger partial charge in [0.25, 0.3) is 5.91 Å². The maximum absolute atomic E-state index is 10.6. The highest BCUT2D eigenvalue weighted by atomic mass is 31.2. The number of aliphatic hydroxyl groups is 1. The SMILES string of the molecule is O=C(CO)N(O)CCCCOP(=O)(O)O. The average Bonchev–Trinajstić information content (AvgIpc) is 2.14. The van der Waals surface area contributed by atoms with Crippen LogP contribution in [0.5, 0.6) is 0 Å². The number of hydrogen-bond acceptors (Lipinski definition) is 5. The Hall–Kier alpha value is -0.500. The topological polar surface area (TPSA) is 128 Å². The summed E-state index contributed by atoms with van der Waals surface area (Å²) in [5, 5.41) is 17.6. The minimum Gasteiger partial charge on any atom is -0.386 e. The third kappa shape index (κ3) is 8.49. The largest absolute Gasteiger partial charge is 0.469 e. The zero-order chi connectivity index (χ0) is 11.9. The molecule has 0 rings (SSSR count). The second kappa shape index (κ2) is 6.89. The number of amides is 1. The first-order chi connectivity index (χ1) is 6.87. The molecule has 0 aromatic rings. The molecule has 8 nitrogen and oxygen atoms in total. The third-order valence-corrected chi connectivity index (χ3v) is 1.97. The molecule has 0 unspecified atom stereocenters. The molecule has 4 N–H and O–H groups in total. The van der Waals surface area contributed by atoms with Gasteiger partial charge in [0.2, 0.25) is 0 Å². The van der Waals surface area contributed by atoms with Gasteiger partial charge >= 0.3 is 7.82 Å². The van der Waals surface area contributed by atoms with Crippen LogP contribution in [0.1, 0.15) is 12.8 Å². The number of hydroxylamine groups is 2. The van der Waals surface area contributed by atoms with E-state index in [-0.39, 0.29) is 19.6 Å². The Kier molecular flexibility index (Phi) is 6.66. The van der Waals surface area contributed by atoms with Crippen LogP contribution in [-0.4, -0.2) is 50.8 Å². The Morgan fingerprint density at radius 1 is 1.33 bits per heavy atom. The van der Waals surface area contributed by atoms with Gasteiger partial charge in [-0.05, 0) is 12.8 Å². The van der Waals surface area contributed by atoms with Crippen LogP contribution in [0.3, 0.4) is 0 Å². The summed E-state index contributed by atoms with van der Waals surface area (Å²) < 4.78 is 14.3. The van der Waals surface area contributed by atoms with Gasteiger partial charge in [0, 0.05) is 6.54 Å². The summed E-state index contributed by atoms with van der Waals surface area (Å²) in [5.41, 5.74) is 0. The van der Waals surface area contributed by atoms with E-state index in [4.69, 9.17) is 20.1 Å². The summed E-state index contributed by atoms with van der Waals surface area (Å²) in [6.45, 7) is -0.967. The van der Waals surface area contributed by atoms with Gasteiger partial charge in [0.05, 0.1) is 6.61 Å². The van der Waals surface area contributed by atoms with Crippen molar-refractivity contribution in [3.05, 3.63) is 0 Å². The fraction of sp³-hybridized carbons (Fsp3) is 0.833. The minimum atomic E-state index is -4.44. The molecule has 0 aliphatic heterocycles. The first-order valence-corrected chi connectivity index (χ1v) is 5.70. The summed E-state index contributed by atoms with van der Waals surface area (Å²) in [6.07, 6.45) is 0.586. The lowest BCUT2D eigenvalue weighted by Crippen LogP contribution is -2.30. The number of aliphatic hydroxyl groups excluding tert-OH is 1. The number of phosphoric ester groups is 1. The molecule has 0 aromatic heterocycles. The number of phosphoric acid groups is 1. The van der Waals surface area contributed by atoms with E-state index in [1.54, 1.807) is 0 Å². The molecular formula is C6H14NO7P. The van der Waals surface area contributed by atoms with Crippen LogP contribution in [0.2, 0.25) is 0 Å². The van der Waals surface area contributed by atoms with Crippen molar-refractivity contribution in [3.8, 4) is 0 Å². The van der Waals surface area contributed by atoms with Gasteiger partial charge in [-0.3, -0.25) is 14.5 Å². The molecule has 0 saturated heterocycles. The van der Waals surface area contributed by atoms with Crippen LogP contribution in [0.15, 0.2) is 0 Å². The molecular weight excluding hydrogens is 229 g/mol. The molecule has 90 valence electrons. The standard InChI is InChI=1S/C6H14NO7P/c8-5-6(9)7(10)3-1-2-4-14-15(11,12)13/h8,10H,1-5H2,(H2,11,12,13). The van der Waals surface area contributed by atoms with Crippen molar-refractivity contribution in [2.75, 3.05) is 19.8 Å². The Bertz CT molecular complexity index is 240. The summed E-state index contributed by atoms with van der Waals surface area (Å²) >= 11 is 0. The highest BCUT2D eigenvalue weighted by Crippen LogP contribution is 2.35. The highest BCUT2D eigenvalue weighted by molar-refractivity contribution is 7.46. The lowest BCUT2D eigenvalue weighted by molar-refractivity contribution is -0.168. The van der Waals surface area contributed by atoms with Crippen molar-refractivity contribution < 1.29 is 34.0 Å². The quantitative estimate of drug-likeness (QED) is 0.197. The number of carbonyl (C=O) groups excluding carboxylic acids is 1. The Morgan fingerprint density at radius 3 is 2.40 bits per heavy atom. The number of nitrogens with zero attached hydrogens (tertiary/aromatic N) is 1. The van der Waals surface area contributed by atoms with Gasteiger partial charge in [-0.15, -0.1) is 0 Å². The molecule has 0 spiro atoms. The minimum absolute atomic E-state index is 0.0239. The average molecular weight is 243 g/mol. The van der Waals surface area contributed by atoms with E-state index in [9.17, 15) is 9.36 Å². The van der Waals surface area contributed by atoms with Crippen molar-refractivity contribution in [1.82, 2.24) is 5.06 Å². The van der Waals surface area contributed by atoms with Gasteiger partial charge in [-0.25, -0.2) is 9.63 Å². The lowest BCUT2D eigenvalue weighted by Gasteiger charge is -2.13. The smallest absolute Gasteiger partial charge is 0.386 e. The van der Waals surface area contributed by atoms with Crippen LogP contribution in [0, 0.1) is 0 Å². The van der Waals surface area contributed by atoms with Crippen molar-refractivity contribution >= 4 is 13.7 Å². The van der Waals surface area contributed by atoms with Gasteiger partial charge in [-0.1, -0.05) is 0 Å². The van der Waals surface area contributed by atoms with Gasteiger partial charge in [0.15, 0.2) is 0 Å². The summed E-state index contributed by atoms with van der Waals surface area (Å²) in [6, 6.07) is 0. The normalized spacial score (nSPS) is 11.5. The van der Waals surface area contributed by atoms with Crippen LogP contribution >= 0.6 is 7.82 Å². The summed E-state index contributed by atoms with van der Waals surface area (Å²) in [7, 11) is -4.44. The molecule has 0 bridgehead atoms. The molecule has 0 aliphatic carbocycles. The number of hydrogen-bond donors (Lipinski definition) is 4. The molecule has 0 atom stereocenters. The lowest BCUT2D eigenvalue weighted by atomic mass is 10.3. The number of carbonyl (C=O) groups is 1. The Labute approximate surface area is 86.3 Å². The summed E-state index contributed by atoms with van der Waals surface area (Å²) in [4.78, 5) is 27.2. The van der Waals surface area contributed by atoms with Crippen LogP contribution in [0.25, 0.3) is 0 Å². The second-order valence-electron chi connectivity index (χ2n) is 2.71. The fourth-order valence-corrected chi connectivity index (χ4v) is 1.12. The summed E-state index contributed by atoms with van der Waals surface area (Å²) in [5.74, 6) is -0.828. The monoisotopic (exact) mass is 243 g/mol. The van der Waals surface area contributed by atoms with E-state index in [2.05, 4.69) is 4.52 Å². The van der Waals surface area contributed by atoms with Crippen molar-refractivity contribution in [3.63, 3.8) is 0 Å². The third-order valence-electron chi connectivity index (χ3n) is 1.45. The molecule has 0 aromatic carbocycles. The maximum atomic E-state index is 10.6. The van der Waals surface area contributed by atoms with Crippen LogP contribution < -0.4 is 0 Å². The fourth-order valence-electron chi connectivity index (χ4n) is 0.753. The molecule has 1 amide bonds. The van der Waals surface area contributed by atoms with Crippen molar-refractivity contribution in [2.24, 2.45) is 0 Å².